The smallest absolute Gasteiger partial charge is 0.220 e. The predicted octanol–water partition coefficient (Wildman–Crippen LogP) is -0.339. The molecule has 0 rings (SSSR count). The lowest BCUT2D eigenvalue weighted by atomic mass is 10.1. The molecule has 0 aliphatic heterocycles. The molecule has 90 valence electrons. The highest BCUT2D eigenvalue weighted by Gasteiger charge is 2.19. The van der Waals surface area contributed by atoms with Crippen LogP contribution in [0, 0.1) is 0 Å². The molecule has 0 aromatic heterocycles. The van der Waals surface area contributed by atoms with Gasteiger partial charge in [0.25, 0.3) is 0 Å². The lowest BCUT2D eigenvalue weighted by Gasteiger charge is -2.20. The summed E-state index contributed by atoms with van der Waals surface area (Å²) in [5, 5.41) is 20.7. The molecule has 0 radical (unpaired) electrons. The van der Waals surface area contributed by atoms with Crippen molar-refractivity contribution in [3.63, 3.8) is 0 Å². The zero-order valence-electron chi connectivity index (χ0n) is 9.62. The molecular weight excluding hydrogens is 198 g/mol. The molecule has 2 unspecified atom stereocenters. The third kappa shape index (κ3) is 7.30. The monoisotopic (exact) mass is 219 g/mol. The number of hydrogen-bond donors (Lipinski definition) is 3. The van der Waals surface area contributed by atoms with Gasteiger partial charge in [0.1, 0.15) is 5.60 Å². The summed E-state index contributed by atoms with van der Waals surface area (Å²) < 4.78 is 5.00. The third-order valence-corrected chi connectivity index (χ3v) is 2.19. The Balaban J connectivity index is 3.67. The van der Waals surface area contributed by atoms with Gasteiger partial charge in [0.2, 0.25) is 5.91 Å². The average molecular weight is 219 g/mol. The van der Waals surface area contributed by atoms with Crippen LogP contribution in [0.25, 0.3) is 0 Å². The Hall–Kier alpha value is -0.650. The summed E-state index contributed by atoms with van der Waals surface area (Å²) in [6.45, 7) is 3.04. The number of rotatable bonds is 7. The van der Waals surface area contributed by atoms with Gasteiger partial charge in [-0.3, -0.25) is 4.79 Å². The van der Waals surface area contributed by atoms with E-state index in [-0.39, 0.29) is 25.2 Å². The molecule has 0 aliphatic carbocycles. The zero-order chi connectivity index (χ0) is 11.9. The maximum Gasteiger partial charge on any atom is 0.220 e. The van der Waals surface area contributed by atoms with E-state index < -0.39 is 5.60 Å². The van der Waals surface area contributed by atoms with Crippen LogP contribution in [0.4, 0.5) is 0 Å². The standard InChI is InChI=1S/C10H21NO4/c1-8(15-3)4-5-9(13)11-6-10(2,14)7-12/h8,12,14H,4-7H2,1-3H3,(H,11,13). The van der Waals surface area contributed by atoms with Crippen molar-refractivity contribution in [1.29, 1.82) is 0 Å². The van der Waals surface area contributed by atoms with Crippen LogP contribution in [0.3, 0.4) is 0 Å². The Morgan fingerprint density at radius 2 is 2.20 bits per heavy atom. The molecule has 0 heterocycles. The minimum atomic E-state index is -1.25. The van der Waals surface area contributed by atoms with E-state index in [9.17, 15) is 9.90 Å². The number of amides is 1. The number of methoxy groups -OCH3 is 1. The minimum Gasteiger partial charge on any atom is -0.393 e. The number of carbonyl (C=O) groups excluding carboxylic acids is 1. The second-order valence-electron chi connectivity index (χ2n) is 4.02. The number of nitrogens with one attached hydrogen (secondary N) is 1. The van der Waals surface area contributed by atoms with Crippen molar-refractivity contribution >= 4 is 5.91 Å². The maximum atomic E-state index is 11.3. The molecule has 1 amide bonds. The molecule has 0 bridgehead atoms. The molecule has 15 heavy (non-hydrogen) atoms. The highest BCUT2D eigenvalue weighted by Crippen LogP contribution is 2.02. The van der Waals surface area contributed by atoms with Crippen LogP contribution in [-0.4, -0.2) is 48.1 Å². The predicted molar refractivity (Wildman–Crippen MR) is 56.4 cm³/mol. The highest BCUT2D eigenvalue weighted by atomic mass is 16.5. The summed E-state index contributed by atoms with van der Waals surface area (Å²) in [4.78, 5) is 11.3. The summed E-state index contributed by atoms with van der Waals surface area (Å²) in [6.07, 6.45) is 1.05. The van der Waals surface area contributed by atoms with Crippen LogP contribution in [0.1, 0.15) is 26.7 Å². The fourth-order valence-electron chi connectivity index (χ4n) is 0.885. The Kier molecular flexibility index (Phi) is 6.47. The van der Waals surface area contributed by atoms with E-state index in [0.29, 0.717) is 12.8 Å². The summed E-state index contributed by atoms with van der Waals surface area (Å²) in [7, 11) is 1.60. The van der Waals surface area contributed by atoms with E-state index in [4.69, 9.17) is 9.84 Å². The van der Waals surface area contributed by atoms with Crippen molar-refractivity contribution in [1.82, 2.24) is 5.32 Å². The van der Waals surface area contributed by atoms with Crippen molar-refractivity contribution in [2.45, 2.75) is 38.4 Å². The molecule has 5 heteroatoms. The van der Waals surface area contributed by atoms with E-state index in [0.717, 1.165) is 0 Å². The molecule has 0 spiro atoms. The van der Waals surface area contributed by atoms with Crippen LogP contribution in [-0.2, 0) is 9.53 Å². The Morgan fingerprint density at radius 3 is 2.67 bits per heavy atom. The van der Waals surface area contributed by atoms with E-state index in [1.54, 1.807) is 7.11 Å². The lowest BCUT2D eigenvalue weighted by molar-refractivity contribution is -0.123. The van der Waals surface area contributed by atoms with Gasteiger partial charge in [-0.05, 0) is 20.3 Å². The summed E-state index contributed by atoms with van der Waals surface area (Å²) in [5.74, 6) is -0.146. The van der Waals surface area contributed by atoms with Crippen molar-refractivity contribution in [3.05, 3.63) is 0 Å². The van der Waals surface area contributed by atoms with Crippen molar-refractivity contribution in [3.8, 4) is 0 Å². The first-order valence-corrected chi connectivity index (χ1v) is 5.04. The van der Waals surface area contributed by atoms with E-state index in [1.165, 1.54) is 6.92 Å². The molecular formula is C10H21NO4. The Labute approximate surface area is 90.4 Å². The van der Waals surface area contributed by atoms with Crippen LogP contribution in [0.2, 0.25) is 0 Å². The van der Waals surface area contributed by atoms with Gasteiger partial charge < -0.3 is 20.3 Å². The van der Waals surface area contributed by atoms with Crippen LogP contribution in [0.5, 0.6) is 0 Å². The zero-order valence-corrected chi connectivity index (χ0v) is 9.62. The quantitative estimate of drug-likeness (QED) is 0.547. The van der Waals surface area contributed by atoms with Gasteiger partial charge in [-0.15, -0.1) is 0 Å². The molecule has 2 atom stereocenters. The van der Waals surface area contributed by atoms with Crippen LogP contribution in [0.15, 0.2) is 0 Å². The number of aliphatic hydroxyl groups excluding tert-OH is 1. The summed E-state index contributed by atoms with van der Waals surface area (Å²) in [5.41, 5.74) is -1.25. The van der Waals surface area contributed by atoms with Gasteiger partial charge in [0.05, 0.1) is 12.7 Å². The van der Waals surface area contributed by atoms with Crippen molar-refractivity contribution in [2.75, 3.05) is 20.3 Å². The molecule has 0 aliphatic rings. The normalized spacial score (nSPS) is 16.9. The Bertz CT molecular complexity index is 194. The number of aliphatic hydroxyl groups is 2. The van der Waals surface area contributed by atoms with Gasteiger partial charge >= 0.3 is 0 Å². The fourth-order valence-corrected chi connectivity index (χ4v) is 0.885. The second kappa shape index (κ2) is 6.76. The van der Waals surface area contributed by atoms with Gasteiger partial charge in [-0.1, -0.05) is 0 Å². The molecule has 0 saturated heterocycles. The molecule has 5 nitrogen and oxygen atoms in total. The first-order valence-electron chi connectivity index (χ1n) is 5.04. The topological polar surface area (TPSA) is 78.8 Å². The van der Waals surface area contributed by atoms with Crippen molar-refractivity contribution < 1.29 is 19.7 Å². The van der Waals surface area contributed by atoms with Crippen LogP contribution < -0.4 is 5.32 Å². The van der Waals surface area contributed by atoms with Gasteiger partial charge in [0, 0.05) is 20.1 Å². The van der Waals surface area contributed by atoms with Gasteiger partial charge in [-0.2, -0.15) is 0 Å². The first kappa shape index (κ1) is 14.3. The molecule has 0 aromatic carbocycles. The largest absolute Gasteiger partial charge is 0.393 e. The average Bonchev–Trinajstić information content (AvgIpc) is 2.23. The number of ether oxygens (including phenoxy) is 1. The third-order valence-electron chi connectivity index (χ3n) is 2.19. The SMILES string of the molecule is COC(C)CCC(=O)NCC(C)(O)CO. The first-order chi connectivity index (χ1) is 6.91. The molecule has 3 N–H and O–H groups in total. The fraction of sp³-hybridized carbons (Fsp3) is 0.900. The Morgan fingerprint density at radius 1 is 1.60 bits per heavy atom. The molecule has 0 aromatic rings. The minimum absolute atomic E-state index is 0.0501. The van der Waals surface area contributed by atoms with Crippen molar-refractivity contribution in [2.24, 2.45) is 0 Å². The molecule has 0 saturated carbocycles. The summed E-state index contributed by atoms with van der Waals surface area (Å²) >= 11 is 0. The number of hydrogen-bond acceptors (Lipinski definition) is 4. The van der Waals surface area contributed by atoms with E-state index >= 15 is 0 Å². The maximum absolute atomic E-state index is 11.3. The highest BCUT2D eigenvalue weighted by molar-refractivity contribution is 5.75. The lowest BCUT2D eigenvalue weighted by Crippen LogP contribution is -2.43. The summed E-state index contributed by atoms with van der Waals surface area (Å²) in [6, 6.07) is 0. The molecule has 0 fully saturated rings. The van der Waals surface area contributed by atoms with E-state index in [2.05, 4.69) is 5.32 Å². The van der Waals surface area contributed by atoms with Crippen LogP contribution >= 0.6 is 0 Å². The van der Waals surface area contributed by atoms with Gasteiger partial charge in [0.15, 0.2) is 0 Å². The van der Waals surface area contributed by atoms with Gasteiger partial charge in [-0.25, -0.2) is 0 Å². The second-order valence-corrected chi connectivity index (χ2v) is 4.02. The number of carbonyl (C=O) groups is 1. The van der Waals surface area contributed by atoms with E-state index in [1.807, 2.05) is 6.92 Å².